The van der Waals surface area contributed by atoms with Crippen LogP contribution in [0.4, 0.5) is 4.39 Å². The lowest BCUT2D eigenvalue weighted by Gasteiger charge is -2.27. The average Bonchev–Trinajstić information content (AvgIpc) is 2.51. The first-order valence-corrected chi connectivity index (χ1v) is 6.74. The van der Waals surface area contributed by atoms with E-state index in [1.807, 2.05) is 18.7 Å². The van der Waals surface area contributed by atoms with E-state index in [1.54, 1.807) is 0 Å². The van der Waals surface area contributed by atoms with Crippen LogP contribution in [0.3, 0.4) is 0 Å². The van der Waals surface area contributed by atoms with Gasteiger partial charge in [0.05, 0.1) is 18.8 Å². The van der Waals surface area contributed by atoms with Gasteiger partial charge in [-0.1, -0.05) is 13.8 Å². The molecule has 0 unspecified atom stereocenters. The van der Waals surface area contributed by atoms with Crippen LogP contribution in [0.25, 0.3) is 0 Å². The third-order valence-corrected chi connectivity index (χ3v) is 3.17. The molecule has 1 heterocycles. The Bertz CT molecular complexity index is 430. The predicted molar refractivity (Wildman–Crippen MR) is 73.6 cm³/mol. The summed E-state index contributed by atoms with van der Waals surface area (Å²) in [6.07, 6.45) is 0. The van der Waals surface area contributed by atoms with Gasteiger partial charge in [-0.2, -0.15) is 0 Å². The fourth-order valence-corrected chi connectivity index (χ4v) is 2.00. The van der Waals surface area contributed by atoms with Gasteiger partial charge in [0.1, 0.15) is 5.75 Å². The van der Waals surface area contributed by atoms with Crippen molar-refractivity contribution in [2.24, 2.45) is 0 Å². The van der Waals surface area contributed by atoms with E-state index in [2.05, 4.69) is 0 Å². The van der Waals surface area contributed by atoms with Gasteiger partial charge in [0.15, 0.2) is 17.3 Å². The van der Waals surface area contributed by atoms with Crippen molar-refractivity contribution in [1.82, 2.24) is 4.90 Å². The summed E-state index contributed by atoms with van der Waals surface area (Å²) in [4.78, 5) is 1.95. The molecule has 3 N–H and O–H groups in total. The van der Waals surface area contributed by atoms with E-state index in [-0.39, 0.29) is 23.4 Å². The number of hydrogen-bond donors (Lipinski definition) is 3. The molecule has 0 saturated carbocycles. The van der Waals surface area contributed by atoms with E-state index in [1.165, 1.54) is 6.92 Å². The van der Waals surface area contributed by atoms with Crippen molar-refractivity contribution < 1.29 is 24.4 Å². The molecule has 6 heteroatoms. The van der Waals surface area contributed by atoms with E-state index >= 15 is 0 Å². The van der Waals surface area contributed by atoms with Gasteiger partial charge in [-0.25, -0.2) is 4.39 Å². The highest BCUT2D eigenvalue weighted by Crippen LogP contribution is 2.41. The van der Waals surface area contributed by atoms with Crippen LogP contribution in [0, 0.1) is 12.7 Å². The molecule has 1 aromatic rings. The molecule has 5 nitrogen and oxygen atoms in total. The number of benzene rings is 1. The standard InChI is InChI=1S/C12H16FNO4.C2H6/c1-7-9(13)12(17)11(16)8(10(7)15)6-14-2-4-18-5-3-14;1-2/h15-17H,2-6H2,1H3;1-2H3. The van der Waals surface area contributed by atoms with E-state index in [4.69, 9.17) is 4.74 Å². The highest BCUT2D eigenvalue weighted by Gasteiger charge is 2.23. The van der Waals surface area contributed by atoms with Gasteiger partial charge < -0.3 is 20.1 Å². The maximum absolute atomic E-state index is 13.4. The molecule has 0 radical (unpaired) electrons. The maximum atomic E-state index is 13.4. The van der Waals surface area contributed by atoms with Gasteiger partial charge in [-0.05, 0) is 6.92 Å². The first-order chi connectivity index (χ1) is 9.52. The van der Waals surface area contributed by atoms with Gasteiger partial charge in [-0.3, -0.25) is 4.90 Å². The van der Waals surface area contributed by atoms with Crippen LogP contribution < -0.4 is 0 Å². The summed E-state index contributed by atoms with van der Waals surface area (Å²) in [5.74, 6) is -2.71. The largest absolute Gasteiger partial charge is 0.507 e. The molecule has 1 aliphatic heterocycles. The zero-order valence-electron chi connectivity index (χ0n) is 12.1. The van der Waals surface area contributed by atoms with Gasteiger partial charge in [0, 0.05) is 25.2 Å². The summed E-state index contributed by atoms with van der Waals surface area (Å²) >= 11 is 0. The average molecular weight is 287 g/mol. The number of morpholine rings is 1. The van der Waals surface area contributed by atoms with E-state index in [0.29, 0.717) is 26.3 Å². The quantitative estimate of drug-likeness (QED) is 0.574. The summed E-state index contributed by atoms with van der Waals surface area (Å²) in [6.45, 7) is 8.08. The highest BCUT2D eigenvalue weighted by atomic mass is 19.1. The lowest BCUT2D eigenvalue weighted by molar-refractivity contribution is 0.0335. The van der Waals surface area contributed by atoms with Crippen molar-refractivity contribution >= 4 is 0 Å². The molecular formula is C14H22FNO4. The monoisotopic (exact) mass is 287 g/mol. The molecule has 1 aliphatic rings. The van der Waals surface area contributed by atoms with Crippen molar-refractivity contribution in [2.75, 3.05) is 26.3 Å². The molecule has 2 rings (SSSR count). The Morgan fingerprint density at radius 2 is 1.60 bits per heavy atom. The van der Waals surface area contributed by atoms with Crippen LogP contribution in [-0.2, 0) is 11.3 Å². The Hall–Kier alpha value is -1.53. The topological polar surface area (TPSA) is 73.2 Å². The molecule has 1 saturated heterocycles. The normalized spacial score (nSPS) is 15.6. The zero-order valence-corrected chi connectivity index (χ0v) is 12.1. The van der Waals surface area contributed by atoms with E-state index < -0.39 is 17.3 Å². The third kappa shape index (κ3) is 3.32. The summed E-state index contributed by atoms with van der Waals surface area (Å²) in [7, 11) is 0. The molecule has 20 heavy (non-hydrogen) atoms. The third-order valence-electron chi connectivity index (χ3n) is 3.17. The van der Waals surface area contributed by atoms with E-state index in [9.17, 15) is 19.7 Å². The fraction of sp³-hybridized carbons (Fsp3) is 0.571. The number of halogens is 1. The van der Waals surface area contributed by atoms with Crippen LogP contribution in [-0.4, -0.2) is 46.5 Å². The predicted octanol–water partition coefficient (Wildman–Crippen LogP) is 2.11. The van der Waals surface area contributed by atoms with Crippen LogP contribution in [0.5, 0.6) is 17.2 Å². The minimum atomic E-state index is -0.990. The molecule has 0 amide bonds. The van der Waals surface area contributed by atoms with Crippen molar-refractivity contribution in [3.63, 3.8) is 0 Å². The maximum Gasteiger partial charge on any atom is 0.194 e. The minimum absolute atomic E-state index is 0.0615. The van der Waals surface area contributed by atoms with Gasteiger partial charge in [-0.15, -0.1) is 0 Å². The molecule has 0 bridgehead atoms. The Labute approximate surface area is 118 Å². The van der Waals surface area contributed by atoms with Crippen molar-refractivity contribution in [1.29, 1.82) is 0 Å². The Morgan fingerprint density at radius 1 is 1.05 bits per heavy atom. The molecular weight excluding hydrogens is 265 g/mol. The minimum Gasteiger partial charge on any atom is -0.507 e. The molecule has 1 aromatic carbocycles. The SMILES string of the molecule is CC.Cc1c(O)c(CN2CCOCC2)c(O)c(O)c1F. The zero-order chi connectivity index (χ0) is 15.3. The van der Waals surface area contributed by atoms with Crippen LogP contribution in [0.2, 0.25) is 0 Å². The lowest BCUT2D eigenvalue weighted by Crippen LogP contribution is -2.35. The number of ether oxygens (including phenoxy) is 1. The number of rotatable bonds is 2. The molecule has 1 fully saturated rings. The van der Waals surface area contributed by atoms with Gasteiger partial charge >= 0.3 is 0 Å². The number of phenolic OH excluding ortho intramolecular Hbond substituents is 3. The second kappa shape index (κ2) is 7.31. The smallest absolute Gasteiger partial charge is 0.194 e. The first kappa shape index (κ1) is 16.5. The Kier molecular flexibility index (Phi) is 6.04. The molecule has 0 spiro atoms. The highest BCUT2D eigenvalue weighted by molar-refractivity contribution is 5.56. The Balaban J connectivity index is 0.000000956. The number of hydrogen-bond acceptors (Lipinski definition) is 5. The lowest BCUT2D eigenvalue weighted by atomic mass is 10.1. The summed E-state index contributed by atoms with van der Waals surface area (Å²) in [6, 6.07) is 0. The molecule has 114 valence electrons. The molecule has 0 aromatic heterocycles. The number of aromatic hydroxyl groups is 3. The van der Waals surface area contributed by atoms with Crippen LogP contribution in [0.15, 0.2) is 0 Å². The molecule has 0 atom stereocenters. The fourth-order valence-electron chi connectivity index (χ4n) is 2.00. The summed E-state index contributed by atoms with van der Waals surface area (Å²) < 4.78 is 18.6. The van der Waals surface area contributed by atoms with E-state index in [0.717, 1.165) is 0 Å². The second-order valence-corrected chi connectivity index (χ2v) is 4.35. The first-order valence-electron chi connectivity index (χ1n) is 6.74. The number of nitrogens with zero attached hydrogens (tertiary/aromatic N) is 1. The molecule has 0 aliphatic carbocycles. The Morgan fingerprint density at radius 3 is 2.15 bits per heavy atom. The second-order valence-electron chi connectivity index (χ2n) is 4.35. The van der Waals surface area contributed by atoms with Crippen LogP contribution in [0.1, 0.15) is 25.0 Å². The van der Waals surface area contributed by atoms with Crippen LogP contribution >= 0.6 is 0 Å². The summed E-state index contributed by atoms with van der Waals surface area (Å²) in [5, 5.41) is 29.0. The summed E-state index contributed by atoms with van der Waals surface area (Å²) in [5.41, 5.74) is 0.0851. The van der Waals surface area contributed by atoms with Crippen molar-refractivity contribution in [3.8, 4) is 17.2 Å². The van der Waals surface area contributed by atoms with Gasteiger partial charge in [0.25, 0.3) is 0 Å². The number of phenols is 3. The van der Waals surface area contributed by atoms with Crippen molar-refractivity contribution in [2.45, 2.75) is 27.3 Å². The van der Waals surface area contributed by atoms with Gasteiger partial charge in [0.2, 0.25) is 0 Å². The van der Waals surface area contributed by atoms with Crippen molar-refractivity contribution in [3.05, 3.63) is 16.9 Å².